The fraction of sp³-hybridized carbons (Fsp3) is 0.276. The first-order valence-corrected chi connectivity index (χ1v) is 14.2. The highest BCUT2D eigenvalue weighted by Crippen LogP contribution is 2.32. The molecule has 0 radical (unpaired) electrons. The van der Waals surface area contributed by atoms with Gasteiger partial charge in [0.25, 0.3) is 0 Å². The minimum Gasteiger partial charge on any atom is -0.200 e. The van der Waals surface area contributed by atoms with Crippen molar-refractivity contribution >= 4 is 24.0 Å². The standard InChI is InChI=1S/C29H34NSi/c1-6-31(7-2,8-3)26-16-17-27-25(20-26)18-19-30(5)29(27)28-21-24(15-14-22(28)4)23-12-10-9-11-13-23/h9-21H,6-8H2,1-5H3/q+1. The second-order valence-electron chi connectivity index (χ2n) is 8.81. The highest BCUT2D eigenvalue weighted by Gasteiger charge is 2.29. The van der Waals surface area contributed by atoms with Crippen LogP contribution in [0, 0.1) is 6.92 Å². The van der Waals surface area contributed by atoms with E-state index in [2.05, 4.69) is 118 Å². The van der Waals surface area contributed by atoms with Crippen LogP contribution in [0.5, 0.6) is 0 Å². The minimum absolute atomic E-state index is 1.26. The summed E-state index contributed by atoms with van der Waals surface area (Å²) in [5.41, 5.74) is 6.46. The van der Waals surface area contributed by atoms with Crippen molar-refractivity contribution in [1.29, 1.82) is 0 Å². The molecule has 0 fully saturated rings. The van der Waals surface area contributed by atoms with E-state index in [0.29, 0.717) is 0 Å². The number of aromatic nitrogens is 1. The molecule has 1 heterocycles. The number of nitrogens with zero attached hydrogens (tertiary/aromatic N) is 1. The Morgan fingerprint density at radius 1 is 0.742 bits per heavy atom. The summed E-state index contributed by atoms with van der Waals surface area (Å²) in [6, 6.07) is 31.1. The van der Waals surface area contributed by atoms with Gasteiger partial charge in [-0.1, -0.05) is 98.7 Å². The largest absolute Gasteiger partial charge is 0.220 e. The molecule has 0 bridgehead atoms. The second kappa shape index (κ2) is 8.80. The first-order chi connectivity index (χ1) is 15.0. The lowest BCUT2D eigenvalue weighted by atomic mass is 9.95. The third kappa shape index (κ3) is 3.85. The van der Waals surface area contributed by atoms with Crippen LogP contribution in [0.25, 0.3) is 33.2 Å². The number of aryl methyl sites for hydroxylation is 2. The molecule has 0 aliphatic heterocycles. The van der Waals surface area contributed by atoms with Crippen LogP contribution in [-0.4, -0.2) is 8.07 Å². The highest BCUT2D eigenvalue weighted by atomic mass is 28.3. The summed E-state index contributed by atoms with van der Waals surface area (Å²) in [5.74, 6) is 0. The molecule has 0 saturated heterocycles. The van der Waals surface area contributed by atoms with Crippen LogP contribution < -0.4 is 9.75 Å². The van der Waals surface area contributed by atoms with E-state index in [-0.39, 0.29) is 0 Å². The van der Waals surface area contributed by atoms with Crippen molar-refractivity contribution in [1.82, 2.24) is 0 Å². The average molecular weight is 425 g/mol. The van der Waals surface area contributed by atoms with E-state index in [0.717, 1.165) is 0 Å². The summed E-state index contributed by atoms with van der Waals surface area (Å²) in [7, 11) is 0.775. The number of pyridine rings is 1. The molecule has 0 spiro atoms. The molecule has 4 rings (SSSR count). The van der Waals surface area contributed by atoms with Gasteiger partial charge in [0.1, 0.15) is 7.05 Å². The lowest BCUT2D eigenvalue weighted by Gasteiger charge is -2.29. The van der Waals surface area contributed by atoms with Gasteiger partial charge < -0.3 is 0 Å². The number of hydrogen-bond donors (Lipinski definition) is 0. The van der Waals surface area contributed by atoms with Gasteiger partial charge in [-0.2, -0.15) is 0 Å². The van der Waals surface area contributed by atoms with Crippen LogP contribution in [0.1, 0.15) is 26.3 Å². The van der Waals surface area contributed by atoms with E-state index in [4.69, 9.17) is 0 Å². The monoisotopic (exact) mass is 424 g/mol. The van der Waals surface area contributed by atoms with Crippen molar-refractivity contribution in [3.63, 3.8) is 0 Å². The summed E-state index contributed by atoms with van der Waals surface area (Å²) < 4.78 is 2.28. The van der Waals surface area contributed by atoms with E-state index in [1.165, 1.54) is 56.9 Å². The van der Waals surface area contributed by atoms with Crippen molar-refractivity contribution in [2.24, 2.45) is 7.05 Å². The zero-order valence-corrected chi connectivity index (χ0v) is 20.6. The zero-order chi connectivity index (χ0) is 22.0. The first kappa shape index (κ1) is 21.5. The molecule has 1 aromatic heterocycles. The maximum Gasteiger partial charge on any atom is 0.220 e. The van der Waals surface area contributed by atoms with Gasteiger partial charge in [0.2, 0.25) is 5.69 Å². The molecule has 1 nitrogen and oxygen atoms in total. The van der Waals surface area contributed by atoms with Crippen molar-refractivity contribution in [3.8, 4) is 22.4 Å². The molecular weight excluding hydrogens is 390 g/mol. The Kier molecular flexibility index (Phi) is 6.11. The Hall–Kier alpha value is -2.71. The van der Waals surface area contributed by atoms with E-state index < -0.39 is 8.07 Å². The smallest absolute Gasteiger partial charge is 0.200 e. The molecule has 0 N–H and O–H groups in total. The third-order valence-corrected chi connectivity index (χ3v) is 13.0. The molecule has 0 atom stereocenters. The third-order valence-electron chi connectivity index (χ3n) is 7.38. The van der Waals surface area contributed by atoms with Gasteiger partial charge in [0.05, 0.1) is 19.0 Å². The number of benzene rings is 3. The van der Waals surface area contributed by atoms with Crippen molar-refractivity contribution in [2.75, 3.05) is 0 Å². The van der Waals surface area contributed by atoms with E-state index in [9.17, 15) is 0 Å². The molecule has 0 saturated carbocycles. The van der Waals surface area contributed by atoms with Gasteiger partial charge in [0, 0.05) is 6.07 Å². The fourth-order valence-electron chi connectivity index (χ4n) is 5.09. The van der Waals surface area contributed by atoms with E-state index in [1.807, 2.05) is 0 Å². The number of hydrogen-bond acceptors (Lipinski definition) is 0. The van der Waals surface area contributed by atoms with E-state index in [1.54, 1.807) is 5.19 Å². The maximum atomic E-state index is 2.50. The molecule has 0 unspecified atom stereocenters. The Morgan fingerprint density at radius 3 is 2.13 bits per heavy atom. The molecular formula is C29H34NSi+. The SMILES string of the molecule is CC[Si](CC)(CC)c1ccc2c(-c3cc(-c4ccccc4)ccc3C)[n+](C)ccc2c1. The van der Waals surface area contributed by atoms with Gasteiger partial charge in [0.15, 0.2) is 6.20 Å². The van der Waals surface area contributed by atoms with Crippen molar-refractivity contribution < 1.29 is 4.57 Å². The number of rotatable bonds is 6. The topological polar surface area (TPSA) is 3.88 Å². The zero-order valence-electron chi connectivity index (χ0n) is 19.6. The molecule has 31 heavy (non-hydrogen) atoms. The van der Waals surface area contributed by atoms with E-state index >= 15 is 0 Å². The lowest BCUT2D eigenvalue weighted by molar-refractivity contribution is -0.659. The maximum absolute atomic E-state index is 2.50. The van der Waals surface area contributed by atoms with Gasteiger partial charge in [-0.3, -0.25) is 0 Å². The van der Waals surface area contributed by atoms with Crippen molar-refractivity contribution in [3.05, 3.63) is 84.6 Å². The van der Waals surface area contributed by atoms with Crippen molar-refractivity contribution in [2.45, 2.75) is 45.8 Å². The first-order valence-electron chi connectivity index (χ1n) is 11.6. The molecule has 0 amide bonds. The van der Waals surface area contributed by atoms with Gasteiger partial charge in [-0.05, 0) is 41.1 Å². The molecule has 158 valence electrons. The van der Waals surface area contributed by atoms with Gasteiger partial charge >= 0.3 is 0 Å². The molecule has 2 heteroatoms. The number of fused-ring (bicyclic) bond motifs is 1. The fourth-order valence-corrected chi connectivity index (χ4v) is 8.71. The second-order valence-corrected chi connectivity index (χ2v) is 14.1. The molecule has 0 aliphatic rings. The molecule has 3 aromatic carbocycles. The summed E-state index contributed by atoms with van der Waals surface area (Å²) in [6.45, 7) is 9.38. The summed E-state index contributed by atoms with van der Waals surface area (Å²) in [5, 5.41) is 4.32. The molecule has 4 aromatic rings. The predicted octanol–water partition coefficient (Wildman–Crippen LogP) is 7.02. The lowest BCUT2D eigenvalue weighted by Crippen LogP contribution is -2.45. The van der Waals surface area contributed by atoms with Crippen LogP contribution in [0.15, 0.2) is 79.0 Å². The Bertz CT molecular complexity index is 1200. The summed E-state index contributed by atoms with van der Waals surface area (Å²) >= 11 is 0. The van der Waals surface area contributed by atoms with Crippen LogP contribution in [0.2, 0.25) is 18.1 Å². The quantitative estimate of drug-likeness (QED) is 0.231. The van der Waals surface area contributed by atoms with Crippen LogP contribution in [0.4, 0.5) is 0 Å². The Labute approximate surface area is 188 Å². The summed E-state index contributed by atoms with van der Waals surface area (Å²) in [6.07, 6.45) is 2.23. The van der Waals surface area contributed by atoms with Gasteiger partial charge in [-0.15, -0.1) is 0 Å². The predicted molar refractivity (Wildman–Crippen MR) is 138 cm³/mol. The highest BCUT2D eigenvalue weighted by molar-refractivity contribution is 6.91. The molecule has 0 aliphatic carbocycles. The van der Waals surface area contributed by atoms with Gasteiger partial charge in [-0.25, -0.2) is 4.57 Å². The van der Waals surface area contributed by atoms with Crippen LogP contribution >= 0.6 is 0 Å². The summed E-state index contributed by atoms with van der Waals surface area (Å²) in [4.78, 5) is 0. The van der Waals surface area contributed by atoms with Crippen LogP contribution in [-0.2, 0) is 7.05 Å². The Morgan fingerprint density at radius 2 is 1.45 bits per heavy atom. The minimum atomic E-state index is -1.39. The van der Waals surface area contributed by atoms with Crippen LogP contribution in [0.3, 0.4) is 0 Å². The normalized spacial score (nSPS) is 11.8. The average Bonchev–Trinajstić information content (AvgIpc) is 2.82. The Balaban J connectivity index is 1.92.